The molecule has 0 atom stereocenters. The molecule has 2 N–H and O–H groups in total. The fourth-order valence-electron chi connectivity index (χ4n) is 3.61. The number of benzene rings is 3. The second-order valence-electron chi connectivity index (χ2n) is 7.72. The number of ether oxygens (including phenoxy) is 1. The molecule has 1 saturated heterocycles. The molecule has 178 valence electrons. The lowest BCUT2D eigenvalue weighted by atomic mass is 10.1. The van der Waals surface area contributed by atoms with Crippen molar-refractivity contribution in [1.29, 1.82) is 0 Å². The molecular weight excluding hydrogens is 497 g/mol. The average Bonchev–Trinajstić information content (AvgIpc) is 2.82. The van der Waals surface area contributed by atoms with E-state index in [0.29, 0.717) is 42.7 Å². The summed E-state index contributed by atoms with van der Waals surface area (Å²) in [6, 6.07) is 18.4. The molecule has 1 amide bonds. The Kier molecular flexibility index (Phi) is 7.63. The molecular formula is C24H23Cl2N3O4S. The van der Waals surface area contributed by atoms with Gasteiger partial charge in [0.25, 0.3) is 10.0 Å². The number of nitrogens with one attached hydrogen (secondary N) is 2. The van der Waals surface area contributed by atoms with Crippen molar-refractivity contribution in [3.05, 3.63) is 82.3 Å². The lowest BCUT2D eigenvalue weighted by Gasteiger charge is -2.30. The molecule has 0 unspecified atom stereocenters. The molecule has 1 heterocycles. The van der Waals surface area contributed by atoms with Crippen molar-refractivity contribution < 1.29 is 17.9 Å². The highest BCUT2D eigenvalue weighted by Gasteiger charge is 2.25. The number of morpholine rings is 1. The Labute approximate surface area is 208 Å². The summed E-state index contributed by atoms with van der Waals surface area (Å²) in [5, 5.41) is 3.66. The van der Waals surface area contributed by atoms with Crippen molar-refractivity contribution in [2.75, 3.05) is 41.2 Å². The topological polar surface area (TPSA) is 87.7 Å². The fourth-order valence-corrected chi connectivity index (χ4v) is 5.31. The zero-order valence-corrected chi connectivity index (χ0v) is 20.5. The first-order chi connectivity index (χ1) is 16.3. The molecule has 0 spiro atoms. The standard InChI is InChI=1S/C24H23Cl2N3O4S/c25-18-7-5-17(6-8-18)15-24(30)27-19-9-10-22(29-11-13-33-14-12-29)23(16-19)34(31,32)28-21-4-2-1-3-20(21)26/h1-10,16,28H,11-15H2,(H,27,30). The van der Waals surface area contributed by atoms with E-state index in [1.807, 2.05) is 4.90 Å². The number of carbonyl (C=O) groups excluding carboxylic acids is 1. The number of anilines is 3. The number of hydrogen-bond acceptors (Lipinski definition) is 5. The highest BCUT2D eigenvalue weighted by atomic mass is 35.5. The minimum Gasteiger partial charge on any atom is -0.378 e. The van der Waals surface area contributed by atoms with Gasteiger partial charge in [0, 0.05) is 23.8 Å². The van der Waals surface area contributed by atoms with Crippen LogP contribution in [0.1, 0.15) is 5.56 Å². The molecule has 3 aromatic carbocycles. The van der Waals surface area contributed by atoms with Gasteiger partial charge in [-0.1, -0.05) is 47.5 Å². The number of hydrogen-bond donors (Lipinski definition) is 2. The van der Waals surface area contributed by atoms with Crippen molar-refractivity contribution in [2.45, 2.75) is 11.3 Å². The largest absolute Gasteiger partial charge is 0.378 e. The maximum atomic E-state index is 13.4. The van der Waals surface area contributed by atoms with Crippen LogP contribution in [0.2, 0.25) is 10.0 Å². The molecule has 1 aliphatic heterocycles. The summed E-state index contributed by atoms with van der Waals surface area (Å²) in [5.41, 5.74) is 1.96. The van der Waals surface area contributed by atoms with Gasteiger partial charge in [0.2, 0.25) is 5.91 Å². The third-order valence-electron chi connectivity index (χ3n) is 5.28. The molecule has 34 heavy (non-hydrogen) atoms. The van der Waals surface area contributed by atoms with E-state index in [4.69, 9.17) is 27.9 Å². The zero-order chi connectivity index (χ0) is 24.1. The van der Waals surface area contributed by atoms with Gasteiger partial charge in [-0.25, -0.2) is 8.42 Å². The van der Waals surface area contributed by atoms with Gasteiger partial charge in [-0.3, -0.25) is 9.52 Å². The maximum absolute atomic E-state index is 13.4. The Hall–Kier alpha value is -2.78. The lowest BCUT2D eigenvalue weighted by molar-refractivity contribution is -0.115. The molecule has 0 radical (unpaired) electrons. The van der Waals surface area contributed by atoms with Crippen molar-refractivity contribution in [2.24, 2.45) is 0 Å². The first kappa shape index (κ1) is 24.3. The fraction of sp³-hybridized carbons (Fsp3) is 0.208. The average molecular weight is 520 g/mol. The van der Waals surface area contributed by atoms with Crippen LogP contribution in [0.3, 0.4) is 0 Å². The van der Waals surface area contributed by atoms with Gasteiger partial charge in [0.15, 0.2) is 0 Å². The Morgan fingerprint density at radius 1 is 0.971 bits per heavy atom. The molecule has 0 aliphatic carbocycles. The van der Waals surface area contributed by atoms with Gasteiger partial charge in [-0.2, -0.15) is 0 Å². The van der Waals surface area contributed by atoms with Crippen LogP contribution in [0.4, 0.5) is 17.1 Å². The first-order valence-corrected chi connectivity index (χ1v) is 12.8. The molecule has 1 fully saturated rings. The van der Waals surface area contributed by atoms with Crippen LogP contribution < -0.4 is 14.9 Å². The SMILES string of the molecule is O=C(Cc1ccc(Cl)cc1)Nc1ccc(N2CCOCC2)c(S(=O)(=O)Nc2ccccc2Cl)c1. The smallest absolute Gasteiger partial charge is 0.264 e. The molecule has 0 saturated carbocycles. The monoisotopic (exact) mass is 519 g/mol. The van der Waals surface area contributed by atoms with E-state index in [2.05, 4.69) is 10.0 Å². The molecule has 0 aromatic heterocycles. The van der Waals surface area contributed by atoms with E-state index in [0.717, 1.165) is 5.56 Å². The zero-order valence-electron chi connectivity index (χ0n) is 18.1. The van der Waals surface area contributed by atoms with Crippen molar-refractivity contribution >= 4 is 56.2 Å². The summed E-state index contributed by atoms with van der Waals surface area (Å²) >= 11 is 12.1. The third kappa shape index (κ3) is 6.01. The molecule has 3 aromatic rings. The summed E-state index contributed by atoms with van der Waals surface area (Å²) in [6.45, 7) is 2.10. The van der Waals surface area contributed by atoms with E-state index >= 15 is 0 Å². The highest BCUT2D eigenvalue weighted by molar-refractivity contribution is 7.93. The van der Waals surface area contributed by atoms with Crippen molar-refractivity contribution in [1.82, 2.24) is 0 Å². The molecule has 1 aliphatic rings. The second-order valence-corrected chi connectivity index (χ2v) is 10.2. The highest BCUT2D eigenvalue weighted by Crippen LogP contribution is 2.32. The summed E-state index contributed by atoms with van der Waals surface area (Å²) in [5.74, 6) is -0.274. The summed E-state index contributed by atoms with van der Waals surface area (Å²) in [4.78, 5) is 14.6. The normalized spacial score (nSPS) is 14.0. The number of rotatable bonds is 7. The van der Waals surface area contributed by atoms with Crippen LogP contribution in [0.5, 0.6) is 0 Å². The van der Waals surface area contributed by atoms with Gasteiger partial charge >= 0.3 is 0 Å². The third-order valence-corrected chi connectivity index (χ3v) is 7.26. The van der Waals surface area contributed by atoms with Crippen LogP contribution in [-0.2, 0) is 26.0 Å². The summed E-state index contributed by atoms with van der Waals surface area (Å²) < 4.78 is 34.8. The molecule has 7 nitrogen and oxygen atoms in total. The maximum Gasteiger partial charge on any atom is 0.264 e. The number of sulfonamides is 1. The number of nitrogens with zero attached hydrogens (tertiary/aromatic N) is 1. The van der Waals surface area contributed by atoms with Gasteiger partial charge in [0.1, 0.15) is 4.90 Å². The Morgan fingerprint density at radius 2 is 1.68 bits per heavy atom. The number of amides is 1. The van der Waals surface area contributed by atoms with E-state index in [1.54, 1.807) is 60.7 Å². The predicted molar refractivity (Wildman–Crippen MR) is 136 cm³/mol. The summed E-state index contributed by atoms with van der Waals surface area (Å²) in [7, 11) is -4.02. The number of carbonyl (C=O) groups is 1. The molecule has 10 heteroatoms. The quantitative estimate of drug-likeness (QED) is 0.467. The van der Waals surface area contributed by atoms with E-state index in [1.165, 1.54) is 6.07 Å². The Balaban J connectivity index is 1.63. The van der Waals surface area contributed by atoms with Crippen LogP contribution in [0.25, 0.3) is 0 Å². The van der Waals surface area contributed by atoms with Gasteiger partial charge < -0.3 is 15.0 Å². The van der Waals surface area contributed by atoms with Crippen molar-refractivity contribution in [3.63, 3.8) is 0 Å². The predicted octanol–water partition coefficient (Wildman–Crippen LogP) is 4.81. The summed E-state index contributed by atoms with van der Waals surface area (Å²) in [6.07, 6.45) is 0.127. The van der Waals surface area contributed by atoms with Crippen LogP contribution >= 0.6 is 23.2 Å². The number of para-hydroxylation sites is 1. The Bertz CT molecular complexity index is 1280. The Morgan fingerprint density at radius 3 is 2.38 bits per heavy atom. The minimum atomic E-state index is -4.02. The van der Waals surface area contributed by atoms with E-state index in [9.17, 15) is 13.2 Å². The second kappa shape index (κ2) is 10.7. The molecule has 4 rings (SSSR count). The molecule has 0 bridgehead atoms. The minimum absolute atomic E-state index is 0.0404. The lowest BCUT2D eigenvalue weighted by Crippen LogP contribution is -2.37. The van der Waals surface area contributed by atoms with Crippen LogP contribution in [0.15, 0.2) is 71.6 Å². The van der Waals surface area contributed by atoms with Gasteiger partial charge in [-0.15, -0.1) is 0 Å². The van der Waals surface area contributed by atoms with E-state index < -0.39 is 10.0 Å². The first-order valence-electron chi connectivity index (χ1n) is 10.6. The van der Waals surface area contributed by atoms with Gasteiger partial charge in [-0.05, 0) is 48.0 Å². The van der Waals surface area contributed by atoms with Crippen LogP contribution in [0, 0.1) is 0 Å². The number of halogens is 2. The van der Waals surface area contributed by atoms with Crippen molar-refractivity contribution in [3.8, 4) is 0 Å². The van der Waals surface area contributed by atoms with E-state index in [-0.39, 0.29) is 27.9 Å². The van der Waals surface area contributed by atoms with Gasteiger partial charge in [0.05, 0.1) is 36.0 Å². The van der Waals surface area contributed by atoms with Crippen LogP contribution in [-0.4, -0.2) is 40.6 Å².